The lowest BCUT2D eigenvalue weighted by atomic mass is 9.52. The normalized spacial score (nSPS) is 62.7. The van der Waals surface area contributed by atoms with Crippen molar-refractivity contribution in [3.05, 3.63) is 0 Å². The van der Waals surface area contributed by atoms with Crippen molar-refractivity contribution in [1.82, 2.24) is 0 Å². The predicted octanol–water partition coefficient (Wildman–Crippen LogP) is 8.27. The van der Waals surface area contributed by atoms with Crippen LogP contribution >= 0.6 is 0 Å². The summed E-state index contributed by atoms with van der Waals surface area (Å²) in [6, 6.07) is 0. The van der Waals surface area contributed by atoms with Gasteiger partial charge < -0.3 is 0 Å². The molecule has 0 aromatic heterocycles. The smallest absolute Gasteiger partial charge is 0.0326 e. The van der Waals surface area contributed by atoms with Crippen molar-refractivity contribution >= 4 is 0 Å². The monoisotopic (exact) mass is 400 g/mol. The fourth-order valence-corrected chi connectivity index (χ4v) is 10.1. The van der Waals surface area contributed by atoms with E-state index in [1.165, 1.54) is 12.8 Å². The lowest BCUT2D eigenvalue weighted by Crippen LogP contribution is -2.47. The van der Waals surface area contributed by atoms with Gasteiger partial charge >= 0.3 is 0 Å². The van der Waals surface area contributed by atoms with Crippen LogP contribution in [0.25, 0.3) is 0 Å². The first kappa shape index (κ1) is 22.2. The van der Waals surface area contributed by atoms with Gasteiger partial charge in [0, 0.05) is 0 Å². The van der Waals surface area contributed by atoms with Crippen LogP contribution in [0, 0.1) is 94.7 Å². The second kappa shape index (κ2) is 7.85. The van der Waals surface area contributed by atoms with Crippen molar-refractivity contribution in [3.63, 3.8) is 0 Å². The Labute approximate surface area is 183 Å². The van der Waals surface area contributed by atoms with Gasteiger partial charge in [-0.3, -0.25) is 0 Å². The zero-order valence-electron chi connectivity index (χ0n) is 21.4. The molecular weight excluding hydrogens is 348 g/mol. The van der Waals surface area contributed by atoms with Crippen LogP contribution in [0.4, 0.5) is 0 Å². The Kier molecular flexibility index (Phi) is 6.01. The average molecular weight is 401 g/mol. The van der Waals surface area contributed by atoms with Crippen LogP contribution in [-0.4, -0.2) is 0 Å². The molecule has 0 bridgehead atoms. The molecule has 16 unspecified atom stereocenters. The third kappa shape index (κ3) is 3.28. The van der Waals surface area contributed by atoms with E-state index in [2.05, 4.69) is 69.2 Å². The number of rotatable bonds is 2. The largest absolute Gasteiger partial charge is 0.0622 e. The zero-order valence-corrected chi connectivity index (χ0v) is 21.4. The van der Waals surface area contributed by atoms with Crippen molar-refractivity contribution in [2.24, 2.45) is 94.7 Å². The maximum absolute atomic E-state index is 2.65. The van der Waals surface area contributed by atoms with Gasteiger partial charge in [0.1, 0.15) is 0 Å². The van der Waals surface area contributed by atoms with Crippen LogP contribution in [0.5, 0.6) is 0 Å². The highest BCUT2D eigenvalue weighted by Crippen LogP contribution is 2.62. The Morgan fingerprint density at radius 1 is 0.414 bits per heavy atom. The fourth-order valence-electron chi connectivity index (χ4n) is 10.1. The Bertz CT molecular complexity index is 529. The molecule has 4 saturated carbocycles. The Balaban J connectivity index is 1.62. The van der Waals surface area contributed by atoms with Gasteiger partial charge in [-0.25, -0.2) is 0 Å². The highest BCUT2D eigenvalue weighted by molar-refractivity contribution is 5.04. The van der Waals surface area contributed by atoms with Gasteiger partial charge in [0.15, 0.2) is 0 Å². The van der Waals surface area contributed by atoms with Crippen molar-refractivity contribution in [2.45, 2.75) is 88.5 Å². The zero-order chi connectivity index (χ0) is 21.4. The van der Waals surface area contributed by atoms with E-state index in [4.69, 9.17) is 0 Å². The third-order valence-electron chi connectivity index (χ3n) is 12.8. The van der Waals surface area contributed by atoms with Crippen LogP contribution < -0.4 is 0 Å². The number of hydrogen-bond donors (Lipinski definition) is 0. The van der Waals surface area contributed by atoms with Crippen LogP contribution in [0.1, 0.15) is 88.5 Å². The number of fused-ring (bicyclic) bond motifs is 2. The second-order valence-electron chi connectivity index (χ2n) is 13.3. The summed E-state index contributed by atoms with van der Waals surface area (Å²) in [6.07, 6.45) is 4.59. The van der Waals surface area contributed by atoms with Crippen LogP contribution in [-0.2, 0) is 0 Å². The first-order valence-electron chi connectivity index (χ1n) is 13.6. The molecule has 0 N–H and O–H groups in total. The molecule has 29 heavy (non-hydrogen) atoms. The summed E-state index contributed by atoms with van der Waals surface area (Å²) in [5, 5.41) is 0. The molecule has 0 aromatic rings. The summed E-state index contributed by atoms with van der Waals surface area (Å²) in [5.74, 6) is 15.2. The van der Waals surface area contributed by atoms with Crippen LogP contribution in [0.3, 0.4) is 0 Å². The molecular formula is C29H52. The summed E-state index contributed by atoms with van der Waals surface area (Å²) in [6.45, 7) is 26.0. The van der Waals surface area contributed by atoms with Gasteiger partial charge in [-0.1, -0.05) is 69.2 Å². The molecule has 0 aromatic carbocycles. The van der Waals surface area contributed by atoms with Gasteiger partial charge in [0.25, 0.3) is 0 Å². The Morgan fingerprint density at radius 2 is 0.759 bits per heavy atom. The SMILES string of the molecule is CC1CC2C(CC3C(C)C(C)C(C)C4C(C)C(C)CC34)C(C)C(C)C(C)C2C1C. The van der Waals surface area contributed by atoms with E-state index in [9.17, 15) is 0 Å². The Hall–Kier alpha value is 0. The van der Waals surface area contributed by atoms with E-state index < -0.39 is 0 Å². The molecule has 168 valence electrons. The topological polar surface area (TPSA) is 0 Å². The minimum atomic E-state index is 0.904. The molecule has 0 nitrogen and oxygen atoms in total. The van der Waals surface area contributed by atoms with Gasteiger partial charge in [0.2, 0.25) is 0 Å². The minimum absolute atomic E-state index is 0.904. The highest BCUT2D eigenvalue weighted by atomic mass is 14.6. The summed E-state index contributed by atoms with van der Waals surface area (Å²) >= 11 is 0. The summed E-state index contributed by atoms with van der Waals surface area (Å²) in [4.78, 5) is 0. The molecule has 4 fully saturated rings. The van der Waals surface area contributed by atoms with Crippen molar-refractivity contribution in [1.29, 1.82) is 0 Å². The third-order valence-corrected chi connectivity index (χ3v) is 12.8. The van der Waals surface area contributed by atoms with Crippen LogP contribution in [0.2, 0.25) is 0 Å². The molecule has 0 aliphatic heterocycles. The molecule has 4 aliphatic carbocycles. The molecule has 0 saturated heterocycles. The first-order chi connectivity index (χ1) is 13.6. The van der Waals surface area contributed by atoms with Gasteiger partial charge in [-0.15, -0.1) is 0 Å². The summed E-state index contributed by atoms with van der Waals surface area (Å²) in [7, 11) is 0. The minimum Gasteiger partial charge on any atom is -0.0622 e. The predicted molar refractivity (Wildman–Crippen MR) is 126 cm³/mol. The second-order valence-corrected chi connectivity index (χ2v) is 13.3. The van der Waals surface area contributed by atoms with E-state index in [0.717, 1.165) is 94.7 Å². The van der Waals surface area contributed by atoms with Gasteiger partial charge in [0.05, 0.1) is 0 Å². The van der Waals surface area contributed by atoms with E-state index in [1.54, 1.807) is 6.42 Å². The molecule has 0 spiro atoms. The van der Waals surface area contributed by atoms with Gasteiger partial charge in [-0.2, -0.15) is 0 Å². The van der Waals surface area contributed by atoms with E-state index in [-0.39, 0.29) is 0 Å². The van der Waals surface area contributed by atoms with E-state index in [0.29, 0.717) is 0 Å². The van der Waals surface area contributed by atoms with Gasteiger partial charge in [-0.05, 0) is 114 Å². The molecule has 4 rings (SSSR count). The Morgan fingerprint density at radius 3 is 1.10 bits per heavy atom. The fraction of sp³-hybridized carbons (Fsp3) is 1.00. The van der Waals surface area contributed by atoms with E-state index in [1.807, 2.05) is 0 Å². The van der Waals surface area contributed by atoms with Crippen LogP contribution in [0.15, 0.2) is 0 Å². The molecule has 16 atom stereocenters. The summed E-state index contributed by atoms with van der Waals surface area (Å²) in [5.41, 5.74) is 0. The quantitative estimate of drug-likeness (QED) is 0.437. The lowest BCUT2D eigenvalue weighted by Gasteiger charge is -2.53. The standard InChI is InChI=1S/C29H52/c1-14-11-26-24(20(7)18(5)22(9)28(26)16(14)3)13-25-21(8)19(6)23(10)29-17(4)15(2)12-27(25)29/h14-29H,11-13H2,1-10H3. The molecule has 0 amide bonds. The summed E-state index contributed by atoms with van der Waals surface area (Å²) < 4.78 is 0. The molecule has 0 radical (unpaired) electrons. The average Bonchev–Trinajstić information content (AvgIpc) is 3.14. The number of hydrogen-bond acceptors (Lipinski definition) is 0. The molecule has 4 aliphatic rings. The molecule has 0 heteroatoms. The maximum Gasteiger partial charge on any atom is -0.0326 e. The van der Waals surface area contributed by atoms with Crippen molar-refractivity contribution in [3.8, 4) is 0 Å². The first-order valence-corrected chi connectivity index (χ1v) is 13.6. The van der Waals surface area contributed by atoms with Crippen molar-refractivity contribution in [2.75, 3.05) is 0 Å². The maximum atomic E-state index is 2.65. The van der Waals surface area contributed by atoms with E-state index >= 15 is 0 Å². The molecule has 0 heterocycles. The highest BCUT2D eigenvalue weighted by Gasteiger charge is 2.56. The van der Waals surface area contributed by atoms with Crippen molar-refractivity contribution < 1.29 is 0 Å². The lowest BCUT2D eigenvalue weighted by molar-refractivity contribution is -0.0496.